The van der Waals surface area contributed by atoms with E-state index in [-0.39, 0.29) is 23.4 Å². The molecule has 10 nitrogen and oxygen atoms in total. The third kappa shape index (κ3) is 5.40. The Morgan fingerprint density at radius 1 is 1.24 bits per heavy atom. The number of anilines is 2. The lowest BCUT2D eigenvalue weighted by Gasteiger charge is -2.27. The quantitative estimate of drug-likeness (QED) is 0.365. The van der Waals surface area contributed by atoms with E-state index in [0.717, 1.165) is 35.6 Å². The number of sulfonamides is 1. The fourth-order valence-corrected chi connectivity index (χ4v) is 6.65. The summed E-state index contributed by atoms with van der Waals surface area (Å²) in [5.41, 5.74) is 1.21. The molecule has 1 aliphatic carbocycles. The minimum atomic E-state index is -3.74. The molecule has 0 radical (unpaired) electrons. The van der Waals surface area contributed by atoms with Crippen LogP contribution in [0.4, 0.5) is 16.4 Å². The van der Waals surface area contributed by atoms with E-state index in [1.54, 1.807) is 37.6 Å². The van der Waals surface area contributed by atoms with Crippen LogP contribution in [0.2, 0.25) is 0 Å². The van der Waals surface area contributed by atoms with Gasteiger partial charge in [0.2, 0.25) is 16.0 Å². The average Bonchev–Trinajstić information content (AvgIpc) is 3.43. The number of aryl methyl sites for hydroxylation is 1. The van der Waals surface area contributed by atoms with E-state index < -0.39 is 16.1 Å². The first-order valence-electron chi connectivity index (χ1n) is 11.1. The molecular weight excluding hydrogens is 476 g/mol. The van der Waals surface area contributed by atoms with Crippen LogP contribution in [-0.2, 0) is 17.1 Å². The van der Waals surface area contributed by atoms with Gasteiger partial charge in [0.25, 0.3) is 0 Å². The van der Waals surface area contributed by atoms with Crippen LogP contribution in [0.25, 0.3) is 10.4 Å². The van der Waals surface area contributed by atoms with Crippen molar-refractivity contribution in [3.8, 4) is 10.4 Å². The Kier molecular flexibility index (Phi) is 7.19. The van der Waals surface area contributed by atoms with Gasteiger partial charge in [0.05, 0.1) is 14.8 Å². The van der Waals surface area contributed by atoms with Gasteiger partial charge in [-0.3, -0.25) is 0 Å². The van der Waals surface area contributed by atoms with Crippen LogP contribution in [0.1, 0.15) is 43.5 Å². The van der Waals surface area contributed by atoms with Gasteiger partial charge in [-0.15, -0.1) is 11.3 Å². The largest absolute Gasteiger partial charge is 0.465 e. The van der Waals surface area contributed by atoms with Crippen molar-refractivity contribution in [2.24, 2.45) is 7.05 Å². The summed E-state index contributed by atoms with van der Waals surface area (Å²) < 4.78 is 30.5. The highest BCUT2D eigenvalue weighted by Gasteiger charge is 2.27. The van der Waals surface area contributed by atoms with Gasteiger partial charge in [0, 0.05) is 55.4 Å². The Morgan fingerprint density at radius 3 is 2.65 bits per heavy atom. The van der Waals surface area contributed by atoms with Crippen LogP contribution in [0.5, 0.6) is 0 Å². The third-order valence-electron chi connectivity index (χ3n) is 5.88. The molecule has 4 N–H and O–H groups in total. The number of carbonyl (C=O) groups is 1. The monoisotopic (exact) mass is 504 g/mol. The zero-order valence-electron chi connectivity index (χ0n) is 19.0. The maximum Gasteiger partial charge on any atom is 0.404 e. The SMILES string of the molecule is CCNS(=O)(=O)c1cc(Nc2nccn2C)ccc1-c1cnc(C2CCC(NC(=O)O)CC2)s1. The van der Waals surface area contributed by atoms with Gasteiger partial charge in [-0.25, -0.2) is 27.9 Å². The van der Waals surface area contributed by atoms with Crippen molar-refractivity contribution in [2.75, 3.05) is 11.9 Å². The molecule has 0 bridgehead atoms. The zero-order valence-corrected chi connectivity index (χ0v) is 20.6. The maximum absolute atomic E-state index is 13.1. The van der Waals surface area contributed by atoms with Crippen LogP contribution < -0.4 is 15.4 Å². The van der Waals surface area contributed by atoms with Gasteiger partial charge in [-0.05, 0) is 37.8 Å². The van der Waals surface area contributed by atoms with Crippen molar-refractivity contribution >= 4 is 39.1 Å². The summed E-state index contributed by atoms with van der Waals surface area (Å²) in [4.78, 5) is 20.7. The van der Waals surface area contributed by atoms with Gasteiger partial charge in [-0.1, -0.05) is 13.0 Å². The Bertz CT molecular complexity index is 1260. The number of nitrogens with one attached hydrogen (secondary N) is 3. The second-order valence-corrected chi connectivity index (χ2v) is 11.1. The molecule has 12 heteroatoms. The first-order chi connectivity index (χ1) is 16.3. The molecule has 2 heterocycles. The van der Waals surface area contributed by atoms with Gasteiger partial charge in [-0.2, -0.15) is 0 Å². The number of benzene rings is 1. The second-order valence-electron chi connectivity index (χ2n) is 8.26. The molecule has 2 aromatic heterocycles. The minimum absolute atomic E-state index is 0.0243. The molecule has 0 spiro atoms. The van der Waals surface area contributed by atoms with Crippen molar-refractivity contribution in [1.29, 1.82) is 0 Å². The number of nitrogens with zero attached hydrogens (tertiary/aromatic N) is 3. The number of thiazole rings is 1. The van der Waals surface area contributed by atoms with Crippen LogP contribution in [0.15, 0.2) is 41.7 Å². The number of hydrogen-bond donors (Lipinski definition) is 4. The van der Waals surface area contributed by atoms with E-state index in [1.165, 1.54) is 11.3 Å². The van der Waals surface area contributed by atoms with Gasteiger partial charge < -0.3 is 20.3 Å². The highest BCUT2D eigenvalue weighted by atomic mass is 32.2. The van der Waals surface area contributed by atoms with Gasteiger partial charge in [0.1, 0.15) is 0 Å². The lowest BCUT2D eigenvalue weighted by molar-refractivity contribution is 0.185. The fraction of sp³-hybridized carbons (Fsp3) is 0.409. The summed E-state index contributed by atoms with van der Waals surface area (Å²) in [5, 5.41) is 15.6. The summed E-state index contributed by atoms with van der Waals surface area (Å²) in [6.45, 7) is 2.02. The molecule has 1 aromatic carbocycles. The van der Waals surface area contributed by atoms with Gasteiger partial charge >= 0.3 is 6.09 Å². The Morgan fingerprint density at radius 2 is 2.00 bits per heavy atom. The number of amides is 1. The lowest BCUT2D eigenvalue weighted by atomic mass is 9.86. The normalized spacial score (nSPS) is 18.5. The molecule has 1 amide bonds. The molecule has 0 aliphatic heterocycles. The number of hydrogen-bond acceptors (Lipinski definition) is 7. The van der Waals surface area contributed by atoms with E-state index >= 15 is 0 Å². The molecule has 0 unspecified atom stereocenters. The first-order valence-corrected chi connectivity index (χ1v) is 13.4. The van der Waals surface area contributed by atoms with Crippen LogP contribution in [-0.4, -0.2) is 46.7 Å². The number of imidazole rings is 1. The van der Waals surface area contributed by atoms with Crippen molar-refractivity contribution in [2.45, 2.75) is 49.5 Å². The van der Waals surface area contributed by atoms with Crippen LogP contribution >= 0.6 is 11.3 Å². The van der Waals surface area contributed by atoms with Crippen LogP contribution in [0.3, 0.4) is 0 Å². The average molecular weight is 505 g/mol. The second kappa shape index (κ2) is 10.1. The zero-order chi connectivity index (χ0) is 24.3. The molecule has 0 saturated heterocycles. The standard InChI is InChI=1S/C22H28N6O4S2/c1-3-25-34(31,32)19-12-16(26-21-23-10-11-28(21)2)8-9-17(19)18-13-24-20(33-18)14-4-6-15(7-5-14)27-22(29)30/h8-15,25,27H,3-7H2,1-2H3,(H,23,26)(H,29,30). The fourth-order valence-electron chi connectivity index (χ4n) is 4.17. The van der Waals surface area contributed by atoms with E-state index in [2.05, 4.69) is 25.3 Å². The Balaban J connectivity index is 1.60. The highest BCUT2D eigenvalue weighted by Crippen LogP contribution is 2.40. The summed E-state index contributed by atoms with van der Waals surface area (Å²) in [7, 11) is -1.89. The summed E-state index contributed by atoms with van der Waals surface area (Å²) >= 11 is 1.49. The summed E-state index contributed by atoms with van der Waals surface area (Å²) in [6.07, 6.45) is 7.41. The maximum atomic E-state index is 13.1. The minimum Gasteiger partial charge on any atom is -0.465 e. The Hall–Kier alpha value is -2.96. The molecule has 4 rings (SSSR count). The van der Waals surface area contributed by atoms with E-state index in [4.69, 9.17) is 5.11 Å². The number of carboxylic acid groups (broad SMARTS) is 1. The molecular formula is C22H28N6O4S2. The van der Waals surface area contributed by atoms with Crippen molar-refractivity contribution in [1.82, 2.24) is 24.6 Å². The molecule has 1 aliphatic rings. The molecule has 1 fully saturated rings. The van der Waals surface area contributed by atoms with Crippen molar-refractivity contribution in [3.05, 3.63) is 41.8 Å². The predicted molar refractivity (Wildman–Crippen MR) is 131 cm³/mol. The van der Waals surface area contributed by atoms with Crippen molar-refractivity contribution in [3.63, 3.8) is 0 Å². The molecule has 34 heavy (non-hydrogen) atoms. The predicted octanol–water partition coefficient (Wildman–Crippen LogP) is 3.88. The summed E-state index contributed by atoms with van der Waals surface area (Å²) in [6, 6.07) is 5.21. The molecule has 3 aromatic rings. The number of aromatic nitrogens is 3. The lowest BCUT2D eigenvalue weighted by Crippen LogP contribution is -2.36. The Labute approximate surface area is 202 Å². The van der Waals surface area contributed by atoms with Gasteiger partial charge in [0.15, 0.2) is 0 Å². The summed E-state index contributed by atoms with van der Waals surface area (Å²) in [5.74, 6) is 0.844. The molecule has 182 valence electrons. The van der Waals surface area contributed by atoms with Crippen molar-refractivity contribution < 1.29 is 18.3 Å². The highest BCUT2D eigenvalue weighted by molar-refractivity contribution is 7.89. The first kappa shape index (κ1) is 24.2. The molecule has 1 saturated carbocycles. The van der Waals surface area contributed by atoms with E-state index in [0.29, 0.717) is 17.2 Å². The van der Waals surface area contributed by atoms with E-state index in [9.17, 15) is 13.2 Å². The van der Waals surface area contributed by atoms with E-state index in [1.807, 2.05) is 17.7 Å². The topological polar surface area (TPSA) is 138 Å². The number of rotatable bonds is 8. The van der Waals surface area contributed by atoms with Crippen LogP contribution in [0, 0.1) is 0 Å². The molecule has 0 atom stereocenters. The smallest absolute Gasteiger partial charge is 0.404 e. The third-order valence-corrected chi connectivity index (χ3v) is 8.65.